The minimum absolute atomic E-state index is 0.0114. The van der Waals surface area contributed by atoms with Crippen molar-refractivity contribution in [3.8, 4) is 28.8 Å². The van der Waals surface area contributed by atoms with Gasteiger partial charge in [-0.2, -0.15) is 23.5 Å². The van der Waals surface area contributed by atoms with Gasteiger partial charge in [0.1, 0.15) is 27.2 Å². The Labute approximate surface area is 197 Å². The maximum atomic E-state index is 14.0. The number of thiazole rings is 1. The van der Waals surface area contributed by atoms with Crippen LogP contribution >= 0.6 is 22.7 Å². The molecule has 0 radical (unpaired) electrons. The highest BCUT2D eigenvalue weighted by Crippen LogP contribution is 2.46. The summed E-state index contributed by atoms with van der Waals surface area (Å²) in [5.41, 5.74) is 6.43. The molecule has 0 amide bonds. The Balaban J connectivity index is 1.59. The van der Waals surface area contributed by atoms with Gasteiger partial charge in [-0.15, -0.1) is 27.8 Å². The topological polar surface area (TPSA) is 113 Å². The zero-order chi connectivity index (χ0) is 23.9. The number of fused-ring (bicyclic) bond motifs is 1. The molecule has 2 N–H and O–H groups in total. The van der Waals surface area contributed by atoms with E-state index in [1.165, 1.54) is 23.7 Å². The normalized spacial score (nSPS) is 11.9. The van der Waals surface area contributed by atoms with E-state index in [9.17, 15) is 18.4 Å². The van der Waals surface area contributed by atoms with Crippen LogP contribution in [-0.4, -0.2) is 9.97 Å². The number of hydrogen-bond acceptors (Lipinski definition) is 9. The molecule has 34 heavy (non-hydrogen) atoms. The van der Waals surface area contributed by atoms with Crippen molar-refractivity contribution in [2.45, 2.75) is 6.18 Å². The number of hydrogen-bond donors (Lipinski definition) is 1. The molecule has 0 unspecified atom stereocenters. The van der Waals surface area contributed by atoms with E-state index in [0.29, 0.717) is 16.5 Å². The Bertz CT molecular complexity index is 1560. The molecule has 0 saturated heterocycles. The number of azo groups is 1. The van der Waals surface area contributed by atoms with E-state index in [1.807, 2.05) is 11.4 Å². The first kappa shape index (κ1) is 21.7. The van der Waals surface area contributed by atoms with Gasteiger partial charge in [-0.05, 0) is 30.3 Å². The number of thiophene rings is 1. The van der Waals surface area contributed by atoms with Crippen LogP contribution in [0.2, 0.25) is 0 Å². The average molecular weight is 496 g/mol. The number of nitrogens with zero attached hydrogens (tertiary/aromatic N) is 5. The highest BCUT2D eigenvalue weighted by molar-refractivity contribution is 7.19. The first-order chi connectivity index (χ1) is 16.3. The quantitative estimate of drug-likeness (QED) is 0.258. The second kappa shape index (κ2) is 8.36. The van der Waals surface area contributed by atoms with Crippen LogP contribution in [0.1, 0.15) is 10.4 Å². The van der Waals surface area contributed by atoms with Crippen molar-refractivity contribution in [3.63, 3.8) is 0 Å². The van der Waals surface area contributed by atoms with Gasteiger partial charge in [0, 0.05) is 10.9 Å². The third-order valence-corrected chi connectivity index (χ3v) is 6.42. The summed E-state index contributed by atoms with van der Waals surface area (Å²) in [6, 6.07) is 12.6. The van der Waals surface area contributed by atoms with Crippen LogP contribution in [0.25, 0.3) is 32.9 Å². The number of pyridine rings is 1. The van der Waals surface area contributed by atoms with Crippen LogP contribution in [0, 0.1) is 11.3 Å². The summed E-state index contributed by atoms with van der Waals surface area (Å²) >= 11 is 2.13. The number of nitrogen functional groups attached to an aromatic ring is 1. The minimum atomic E-state index is -4.71. The largest absolute Gasteiger partial charge is 0.463 e. The molecular formula is C22H11F3N6OS2. The smallest absolute Gasteiger partial charge is 0.417 e. The number of halogens is 3. The molecule has 4 aromatic heterocycles. The molecule has 0 atom stereocenters. The van der Waals surface area contributed by atoms with Crippen LogP contribution in [0.4, 0.5) is 29.7 Å². The molecule has 7 nitrogen and oxygen atoms in total. The van der Waals surface area contributed by atoms with Gasteiger partial charge in [0.25, 0.3) is 0 Å². The first-order valence-electron chi connectivity index (χ1n) is 9.55. The van der Waals surface area contributed by atoms with Gasteiger partial charge in [0.15, 0.2) is 10.9 Å². The lowest BCUT2D eigenvalue weighted by Crippen LogP contribution is -2.06. The van der Waals surface area contributed by atoms with Gasteiger partial charge in [0.2, 0.25) is 0 Å². The maximum Gasteiger partial charge on any atom is 0.417 e. The molecule has 4 heterocycles. The molecular weight excluding hydrogens is 485 g/mol. The van der Waals surface area contributed by atoms with E-state index in [4.69, 9.17) is 10.2 Å². The third-order valence-electron chi connectivity index (χ3n) is 4.77. The lowest BCUT2D eigenvalue weighted by atomic mass is 10.1. The average Bonchev–Trinajstić information content (AvgIpc) is 3.56. The lowest BCUT2D eigenvalue weighted by molar-refractivity contribution is -0.136. The minimum Gasteiger partial charge on any atom is -0.463 e. The Hall–Kier alpha value is -4.08. The molecule has 0 saturated carbocycles. The predicted octanol–water partition coefficient (Wildman–Crippen LogP) is 7.57. The van der Waals surface area contributed by atoms with Crippen LogP contribution < -0.4 is 5.73 Å². The van der Waals surface area contributed by atoms with Gasteiger partial charge in [-0.1, -0.05) is 12.1 Å². The van der Waals surface area contributed by atoms with Gasteiger partial charge in [-0.25, -0.2) is 9.97 Å². The summed E-state index contributed by atoms with van der Waals surface area (Å²) < 4.78 is 47.1. The highest BCUT2D eigenvalue weighted by Gasteiger charge is 2.36. The standard InChI is InChI=1S/C22H11F3N6OS2/c23-22(24,25)13-8-14(16-2-1-7-32-16)28-20-18(13)19(17(9-26)34-20)31-30-12-5-3-11(4-6-12)15-10-33-21(27)29-15/h1-8,10H,(H2,27,29). The van der Waals surface area contributed by atoms with E-state index in [-0.39, 0.29) is 32.2 Å². The van der Waals surface area contributed by atoms with Crippen molar-refractivity contribution in [2.24, 2.45) is 10.2 Å². The maximum absolute atomic E-state index is 14.0. The zero-order valence-electron chi connectivity index (χ0n) is 16.9. The number of benzene rings is 1. The Morgan fingerprint density at radius 2 is 1.85 bits per heavy atom. The number of rotatable bonds is 4. The molecule has 0 aliphatic heterocycles. The molecule has 0 aliphatic rings. The van der Waals surface area contributed by atoms with Crippen molar-refractivity contribution >= 4 is 49.4 Å². The van der Waals surface area contributed by atoms with Gasteiger partial charge < -0.3 is 10.2 Å². The molecule has 0 fully saturated rings. The van der Waals surface area contributed by atoms with Crippen molar-refractivity contribution in [3.05, 3.63) is 64.5 Å². The second-order valence-corrected chi connectivity index (χ2v) is 8.81. The van der Waals surface area contributed by atoms with Crippen LogP contribution in [0.15, 0.2) is 68.8 Å². The summed E-state index contributed by atoms with van der Waals surface area (Å²) in [4.78, 5) is 8.47. The summed E-state index contributed by atoms with van der Waals surface area (Å²) in [5, 5.41) is 19.6. The lowest BCUT2D eigenvalue weighted by Gasteiger charge is -2.10. The van der Waals surface area contributed by atoms with Crippen molar-refractivity contribution in [2.75, 3.05) is 5.73 Å². The van der Waals surface area contributed by atoms with E-state index < -0.39 is 11.7 Å². The van der Waals surface area contributed by atoms with E-state index in [2.05, 4.69) is 20.2 Å². The number of furan rings is 1. The third kappa shape index (κ3) is 4.02. The van der Waals surface area contributed by atoms with Crippen LogP contribution in [-0.2, 0) is 6.18 Å². The SMILES string of the molecule is N#Cc1sc2nc(-c3ccco3)cc(C(F)(F)F)c2c1N=Nc1ccc(-c2csc(N)n2)cc1. The molecule has 168 valence electrons. The first-order valence-corrected chi connectivity index (χ1v) is 11.2. The van der Waals surface area contributed by atoms with E-state index in [1.54, 1.807) is 30.3 Å². The number of anilines is 1. The van der Waals surface area contributed by atoms with Crippen LogP contribution in [0.5, 0.6) is 0 Å². The summed E-state index contributed by atoms with van der Waals surface area (Å²) in [6.07, 6.45) is -3.37. The molecule has 5 aromatic rings. The van der Waals surface area contributed by atoms with Crippen molar-refractivity contribution in [1.29, 1.82) is 5.26 Å². The Morgan fingerprint density at radius 1 is 1.06 bits per heavy atom. The monoisotopic (exact) mass is 496 g/mol. The number of nitriles is 1. The fraction of sp³-hybridized carbons (Fsp3) is 0.0455. The predicted molar refractivity (Wildman–Crippen MR) is 123 cm³/mol. The fourth-order valence-corrected chi connectivity index (χ4v) is 4.76. The zero-order valence-corrected chi connectivity index (χ0v) is 18.5. The summed E-state index contributed by atoms with van der Waals surface area (Å²) in [6.45, 7) is 0. The summed E-state index contributed by atoms with van der Waals surface area (Å²) in [7, 11) is 0. The molecule has 0 aliphatic carbocycles. The van der Waals surface area contributed by atoms with E-state index >= 15 is 0 Å². The number of alkyl halides is 3. The number of nitrogens with two attached hydrogens (primary N) is 1. The van der Waals surface area contributed by atoms with Gasteiger partial charge in [0.05, 0.1) is 28.6 Å². The second-order valence-electron chi connectivity index (χ2n) is 6.92. The Morgan fingerprint density at radius 3 is 2.47 bits per heavy atom. The van der Waals surface area contributed by atoms with Crippen molar-refractivity contribution < 1.29 is 17.6 Å². The van der Waals surface area contributed by atoms with Gasteiger partial charge >= 0.3 is 6.18 Å². The molecule has 5 rings (SSSR count). The summed E-state index contributed by atoms with van der Waals surface area (Å²) in [5.74, 6) is 0.185. The fourth-order valence-electron chi connectivity index (χ4n) is 3.25. The van der Waals surface area contributed by atoms with Crippen molar-refractivity contribution in [1.82, 2.24) is 9.97 Å². The highest BCUT2D eigenvalue weighted by atomic mass is 32.1. The van der Waals surface area contributed by atoms with E-state index in [0.717, 1.165) is 23.0 Å². The molecule has 0 spiro atoms. The van der Waals surface area contributed by atoms with Crippen LogP contribution in [0.3, 0.4) is 0 Å². The van der Waals surface area contributed by atoms with Gasteiger partial charge in [-0.3, -0.25) is 0 Å². The number of aromatic nitrogens is 2. The molecule has 12 heteroatoms. The Kier molecular flexibility index (Phi) is 5.35. The molecule has 0 bridgehead atoms. The molecule has 1 aromatic carbocycles.